The lowest BCUT2D eigenvalue weighted by Crippen LogP contribution is -2.27. The van der Waals surface area contributed by atoms with Crippen molar-refractivity contribution in [2.45, 2.75) is 51.5 Å². The van der Waals surface area contributed by atoms with Gasteiger partial charge in [0.2, 0.25) is 5.91 Å². The number of hydrogen-bond acceptors (Lipinski definition) is 3. The Morgan fingerprint density at radius 2 is 1.93 bits per heavy atom. The number of nitrogens with zero attached hydrogens (tertiary/aromatic N) is 1. The number of amides is 1. The van der Waals surface area contributed by atoms with Crippen LogP contribution in [0.25, 0.3) is 11.3 Å². The quantitative estimate of drug-likeness (QED) is 0.599. The van der Waals surface area contributed by atoms with Crippen LogP contribution in [-0.2, 0) is 24.1 Å². The highest BCUT2D eigenvalue weighted by atomic mass is 19.1. The molecule has 2 aromatic carbocycles. The SMILES string of the molecule is CC(NC(=O)CCc1ncc(-c2ccc(F)cc2F)o1)c1ccc2c(c1)CCCC2. The van der Waals surface area contributed by atoms with Gasteiger partial charge >= 0.3 is 0 Å². The Hall–Kier alpha value is -3.02. The molecule has 6 heteroatoms. The van der Waals surface area contributed by atoms with E-state index in [1.807, 2.05) is 6.92 Å². The maximum Gasteiger partial charge on any atom is 0.220 e. The summed E-state index contributed by atoms with van der Waals surface area (Å²) in [6.07, 6.45) is 6.60. The third-order valence-corrected chi connectivity index (χ3v) is 5.57. The number of nitrogens with one attached hydrogen (secondary N) is 1. The summed E-state index contributed by atoms with van der Waals surface area (Å²) in [7, 11) is 0. The van der Waals surface area contributed by atoms with Gasteiger partial charge in [-0.2, -0.15) is 0 Å². The summed E-state index contributed by atoms with van der Waals surface area (Å²) in [5, 5.41) is 3.02. The van der Waals surface area contributed by atoms with Crippen LogP contribution in [0.4, 0.5) is 8.78 Å². The molecule has 1 amide bonds. The van der Waals surface area contributed by atoms with E-state index in [-0.39, 0.29) is 29.7 Å². The Labute approximate surface area is 174 Å². The molecule has 1 aromatic heterocycles. The Morgan fingerprint density at radius 1 is 1.13 bits per heavy atom. The third-order valence-electron chi connectivity index (χ3n) is 5.57. The van der Waals surface area contributed by atoms with E-state index in [9.17, 15) is 13.6 Å². The average molecular weight is 410 g/mol. The Morgan fingerprint density at radius 3 is 2.73 bits per heavy atom. The predicted molar refractivity (Wildman–Crippen MR) is 110 cm³/mol. The van der Waals surface area contributed by atoms with E-state index in [4.69, 9.17) is 4.42 Å². The lowest BCUT2D eigenvalue weighted by Gasteiger charge is -2.20. The summed E-state index contributed by atoms with van der Waals surface area (Å²) in [5.41, 5.74) is 4.05. The summed E-state index contributed by atoms with van der Waals surface area (Å²) in [4.78, 5) is 16.5. The lowest BCUT2D eigenvalue weighted by molar-refractivity contribution is -0.121. The molecule has 0 radical (unpaired) electrons. The normalized spacial score (nSPS) is 14.2. The van der Waals surface area contributed by atoms with Gasteiger partial charge in [-0.25, -0.2) is 13.8 Å². The highest BCUT2D eigenvalue weighted by Crippen LogP contribution is 2.26. The van der Waals surface area contributed by atoms with E-state index < -0.39 is 11.6 Å². The summed E-state index contributed by atoms with van der Waals surface area (Å²) >= 11 is 0. The molecule has 1 aliphatic carbocycles. The minimum Gasteiger partial charge on any atom is -0.441 e. The summed E-state index contributed by atoms with van der Waals surface area (Å²) < 4.78 is 32.5. The number of carbonyl (C=O) groups excluding carboxylic acids is 1. The van der Waals surface area contributed by atoms with E-state index in [1.54, 1.807) is 0 Å². The highest BCUT2D eigenvalue weighted by molar-refractivity contribution is 5.76. The zero-order valence-electron chi connectivity index (χ0n) is 16.9. The van der Waals surface area contributed by atoms with Crippen LogP contribution >= 0.6 is 0 Å². The Balaban J connectivity index is 1.33. The molecular weight excluding hydrogens is 386 g/mol. The van der Waals surface area contributed by atoms with Gasteiger partial charge < -0.3 is 9.73 Å². The van der Waals surface area contributed by atoms with Gasteiger partial charge in [0, 0.05) is 18.9 Å². The number of rotatable bonds is 6. The van der Waals surface area contributed by atoms with Crippen molar-refractivity contribution in [1.29, 1.82) is 0 Å². The fourth-order valence-electron chi connectivity index (χ4n) is 3.88. The first kappa shape index (κ1) is 20.3. The van der Waals surface area contributed by atoms with E-state index in [2.05, 4.69) is 28.5 Å². The van der Waals surface area contributed by atoms with E-state index in [0.29, 0.717) is 12.3 Å². The van der Waals surface area contributed by atoms with Crippen LogP contribution in [-0.4, -0.2) is 10.9 Å². The zero-order chi connectivity index (χ0) is 21.1. The molecule has 0 spiro atoms. The van der Waals surface area contributed by atoms with Crippen LogP contribution in [0.5, 0.6) is 0 Å². The third kappa shape index (κ3) is 4.58. The number of benzene rings is 2. The van der Waals surface area contributed by atoms with Gasteiger partial charge in [-0.1, -0.05) is 18.2 Å². The number of halogens is 2. The minimum atomic E-state index is -0.714. The second-order valence-corrected chi connectivity index (χ2v) is 7.77. The van der Waals surface area contributed by atoms with Crippen LogP contribution < -0.4 is 5.32 Å². The van der Waals surface area contributed by atoms with Gasteiger partial charge in [0.1, 0.15) is 11.6 Å². The number of hydrogen-bond donors (Lipinski definition) is 1. The first-order chi connectivity index (χ1) is 14.5. The highest BCUT2D eigenvalue weighted by Gasteiger charge is 2.16. The van der Waals surface area contributed by atoms with Crippen molar-refractivity contribution in [2.75, 3.05) is 0 Å². The Kier molecular flexibility index (Phi) is 5.93. The van der Waals surface area contributed by atoms with Crippen molar-refractivity contribution in [3.05, 3.63) is 76.8 Å². The van der Waals surface area contributed by atoms with Gasteiger partial charge in [0.15, 0.2) is 11.7 Å². The number of aromatic nitrogens is 1. The molecule has 1 unspecified atom stereocenters. The smallest absolute Gasteiger partial charge is 0.220 e. The van der Waals surface area contributed by atoms with Crippen molar-refractivity contribution < 1.29 is 18.0 Å². The van der Waals surface area contributed by atoms with Gasteiger partial charge in [0.25, 0.3) is 0 Å². The molecule has 0 fully saturated rings. The molecule has 4 nitrogen and oxygen atoms in total. The van der Waals surface area contributed by atoms with Gasteiger partial charge in [0.05, 0.1) is 17.8 Å². The van der Waals surface area contributed by atoms with Crippen molar-refractivity contribution in [1.82, 2.24) is 10.3 Å². The van der Waals surface area contributed by atoms with Crippen molar-refractivity contribution >= 4 is 5.91 Å². The number of oxazole rings is 1. The minimum absolute atomic E-state index is 0.0850. The van der Waals surface area contributed by atoms with Crippen molar-refractivity contribution in [2.24, 2.45) is 0 Å². The first-order valence-electron chi connectivity index (χ1n) is 10.3. The molecule has 1 N–H and O–H groups in total. The average Bonchev–Trinajstić information content (AvgIpc) is 3.20. The predicted octanol–water partition coefficient (Wildman–Crippen LogP) is 5.31. The molecule has 30 heavy (non-hydrogen) atoms. The maximum atomic E-state index is 13.9. The van der Waals surface area contributed by atoms with Gasteiger partial charge in [-0.05, 0) is 61.4 Å². The Bertz CT molecular complexity index is 1060. The summed E-state index contributed by atoms with van der Waals surface area (Å²) in [6.45, 7) is 1.98. The van der Waals surface area contributed by atoms with Crippen LogP contribution in [0.3, 0.4) is 0 Å². The van der Waals surface area contributed by atoms with Gasteiger partial charge in [-0.3, -0.25) is 4.79 Å². The van der Waals surface area contributed by atoms with Crippen LogP contribution in [0.15, 0.2) is 47.0 Å². The summed E-state index contributed by atoms with van der Waals surface area (Å²) in [5.74, 6) is -0.918. The maximum absolute atomic E-state index is 13.9. The van der Waals surface area contributed by atoms with Gasteiger partial charge in [-0.15, -0.1) is 0 Å². The number of fused-ring (bicyclic) bond motifs is 1. The monoisotopic (exact) mass is 410 g/mol. The van der Waals surface area contributed by atoms with E-state index in [1.165, 1.54) is 36.2 Å². The van der Waals surface area contributed by atoms with Crippen LogP contribution in [0.1, 0.15) is 54.8 Å². The molecular formula is C24H24F2N2O2. The molecule has 0 saturated carbocycles. The molecule has 156 valence electrons. The topological polar surface area (TPSA) is 55.1 Å². The largest absolute Gasteiger partial charge is 0.441 e. The van der Waals surface area contributed by atoms with E-state index in [0.717, 1.165) is 30.5 Å². The fraction of sp³-hybridized carbons (Fsp3) is 0.333. The summed E-state index contributed by atoms with van der Waals surface area (Å²) in [6, 6.07) is 9.66. The molecule has 0 bridgehead atoms. The lowest BCUT2D eigenvalue weighted by atomic mass is 9.89. The molecule has 0 saturated heterocycles. The second-order valence-electron chi connectivity index (χ2n) is 7.77. The molecule has 4 rings (SSSR count). The standard InChI is InChI=1S/C24H24F2N2O2/c1-15(17-7-6-16-4-2-3-5-18(16)12-17)28-23(29)10-11-24-27-14-22(30-24)20-9-8-19(25)13-21(20)26/h6-9,12-15H,2-5,10-11H2,1H3,(H,28,29). The second kappa shape index (κ2) is 8.78. The van der Waals surface area contributed by atoms with Crippen LogP contribution in [0, 0.1) is 11.6 Å². The number of carbonyl (C=O) groups is 1. The molecule has 1 aliphatic rings. The molecule has 1 heterocycles. The van der Waals surface area contributed by atoms with E-state index >= 15 is 0 Å². The molecule has 0 aliphatic heterocycles. The zero-order valence-corrected chi connectivity index (χ0v) is 16.9. The fourth-order valence-corrected chi connectivity index (χ4v) is 3.88. The first-order valence-corrected chi connectivity index (χ1v) is 10.3. The molecule has 3 aromatic rings. The van der Waals surface area contributed by atoms with Crippen molar-refractivity contribution in [3.63, 3.8) is 0 Å². The van der Waals surface area contributed by atoms with Crippen molar-refractivity contribution in [3.8, 4) is 11.3 Å². The van der Waals surface area contributed by atoms with Crippen LogP contribution in [0.2, 0.25) is 0 Å². The number of aryl methyl sites for hydroxylation is 3. The molecule has 1 atom stereocenters.